The molecule has 2 aromatic rings. The van der Waals surface area contributed by atoms with Crippen LogP contribution in [0.5, 0.6) is 11.5 Å². The number of fused-ring (bicyclic) bond motifs is 1. The first kappa shape index (κ1) is 20.7. The Kier molecular flexibility index (Phi) is 6.71. The van der Waals surface area contributed by atoms with Gasteiger partial charge < -0.3 is 14.2 Å². The lowest BCUT2D eigenvalue weighted by molar-refractivity contribution is 0.0601. The monoisotopic (exact) mass is 417 g/mol. The molecule has 3 rings (SSSR count). The molecule has 154 valence electrons. The third kappa shape index (κ3) is 4.51. The van der Waals surface area contributed by atoms with E-state index in [1.54, 1.807) is 25.3 Å². The Bertz CT molecular complexity index is 938. The highest BCUT2D eigenvalue weighted by molar-refractivity contribution is 7.17. The molecule has 9 heteroatoms. The molecule has 1 aliphatic carbocycles. The molecule has 1 aromatic carbocycles. The van der Waals surface area contributed by atoms with E-state index in [-0.39, 0.29) is 0 Å². The van der Waals surface area contributed by atoms with Crippen LogP contribution in [0.2, 0.25) is 0 Å². The number of nitrogens with one attached hydrogen (secondary N) is 2. The summed E-state index contributed by atoms with van der Waals surface area (Å²) in [6.07, 6.45) is 5.27. The maximum absolute atomic E-state index is 12.3. The molecule has 0 saturated heterocycles. The average Bonchev–Trinajstić information content (AvgIpc) is 3.10. The van der Waals surface area contributed by atoms with Crippen molar-refractivity contribution < 1.29 is 23.8 Å². The molecule has 0 aliphatic heterocycles. The predicted octanol–water partition coefficient (Wildman–Crippen LogP) is 3.59. The zero-order chi connectivity index (χ0) is 20.8. The first-order chi connectivity index (χ1) is 14.1. The number of nitrogens with zero attached hydrogens (tertiary/aromatic N) is 1. The molecule has 2 amide bonds. The van der Waals surface area contributed by atoms with Crippen molar-refractivity contribution in [1.29, 1.82) is 0 Å². The molecule has 0 spiro atoms. The maximum atomic E-state index is 12.3. The quantitative estimate of drug-likeness (QED) is 0.425. The molecule has 0 radical (unpaired) electrons. The number of rotatable bonds is 6. The van der Waals surface area contributed by atoms with Crippen LogP contribution in [-0.2, 0) is 17.6 Å². The molecule has 1 heterocycles. The van der Waals surface area contributed by atoms with Gasteiger partial charge in [0.25, 0.3) is 0 Å². The number of hydrogen-bond donors (Lipinski definition) is 2. The van der Waals surface area contributed by atoms with Gasteiger partial charge in [-0.15, -0.1) is 11.3 Å². The molecule has 0 unspecified atom stereocenters. The minimum atomic E-state index is -0.549. The van der Waals surface area contributed by atoms with Gasteiger partial charge in [-0.3, -0.25) is 5.32 Å². The molecule has 0 bridgehead atoms. The number of anilines is 1. The van der Waals surface area contributed by atoms with Crippen LogP contribution < -0.4 is 20.2 Å². The third-order valence-corrected chi connectivity index (χ3v) is 5.80. The topological polar surface area (TPSA) is 98.2 Å². The summed E-state index contributed by atoms with van der Waals surface area (Å²) < 4.78 is 15.5. The summed E-state index contributed by atoms with van der Waals surface area (Å²) in [7, 11) is 4.41. The molecular weight excluding hydrogens is 394 g/mol. The van der Waals surface area contributed by atoms with Crippen molar-refractivity contribution in [1.82, 2.24) is 5.43 Å². The second-order valence-electron chi connectivity index (χ2n) is 6.31. The Balaban J connectivity index is 1.73. The number of aryl methyl sites for hydroxylation is 1. The Labute approximate surface area is 172 Å². The largest absolute Gasteiger partial charge is 0.493 e. The number of thiophene rings is 1. The van der Waals surface area contributed by atoms with Crippen molar-refractivity contribution in [2.45, 2.75) is 25.7 Å². The Morgan fingerprint density at radius 3 is 2.66 bits per heavy atom. The second kappa shape index (κ2) is 9.42. The number of urea groups is 1. The first-order valence-corrected chi connectivity index (χ1v) is 9.94. The fourth-order valence-electron chi connectivity index (χ4n) is 3.28. The molecule has 2 N–H and O–H groups in total. The summed E-state index contributed by atoms with van der Waals surface area (Å²) >= 11 is 1.41. The van der Waals surface area contributed by atoms with E-state index in [9.17, 15) is 9.59 Å². The number of para-hydroxylation sites is 1. The van der Waals surface area contributed by atoms with Crippen molar-refractivity contribution in [3.05, 3.63) is 39.8 Å². The van der Waals surface area contributed by atoms with Gasteiger partial charge >= 0.3 is 12.0 Å². The number of ether oxygens (including phenoxy) is 3. The van der Waals surface area contributed by atoms with Crippen LogP contribution in [0, 0.1) is 0 Å². The average molecular weight is 417 g/mol. The van der Waals surface area contributed by atoms with Crippen LogP contribution in [0.1, 0.15) is 39.2 Å². The number of carbonyl (C=O) groups is 2. The van der Waals surface area contributed by atoms with Crippen molar-refractivity contribution in [2.75, 3.05) is 26.6 Å². The van der Waals surface area contributed by atoms with E-state index >= 15 is 0 Å². The fourth-order valence-corrected chi connectivity index (χ4v) is 4.55. The zero-order valence-corrected chi connectivity index (χ0v) is 17.4. The smallest absolute Gasteiger partial charge is 0.341 e. The molecule has 0 atom stereocenters. The standard InChI is InChI=1S/C20H23N3O5S/c1-26-14-9-6-7-12(17(14)27-2)11-21-23-20(25)22-18-16(19(24)28-3)13-8-4-5-10-15(13)29-18/h6-7,9,11H,4-5,8,10H2,1-3H3,(H2,22,23,25). The van der Waals surface area contributed by atoms with E-state index in [0.29, 0.717) is 27.6 Å². The number of carbonyl (C=O) groups excluding carboxylic acids is 2. The number of esters is 1. The molecule has 0 fully saturated rings. The Morgan fingerprint density at radius 1 is 1.14 bits per heavy atom. The molecule has 0 saturated carbocycles. The van der Waals surface area contributed by atoms with Crippen LogP contribution in [-0.4, -0.2) is 39.5 Å². The lowest BCUT2D eigenvalue weighted by atomic mass is 9.95. The molecule has 1 aromatic heterocycles. The van der Waals surface area contributed by atoms with Crippen molar-refractivity contribution >= 4 is 34.6 Å². The molecular formula is C20H23N3O5S. The van der Waals surface area contributed by atoms with E-state index in [1.165, 1.54) is 31.8 Å². The van der Waals surface area contributed by atoms with Crippen LogP contribution >= 0.6 is 11.3 Å². The summed E-state index contributed by atoms with van der Waals surface area (Å²) in [5.41, 5.74) is 4.48. The van der Waals surface area contributed by atoms with E-state index in [2.05, 4.69) is 15.8 Å². The van der Waals surface area contributed by atoms with Gasteiger partial charge in [0.2, 0.25) is 0 Å². The van der Waals surface area contributed by atoms with Gasteiger partial charge in [-0.1, -0.05) is 6.07 Å². The van der Waals surface area contributed by atoms with E-state index in [4.69, 9.17) is 14.2 Å². The van der Waals surface area contributed by atoms with Gasteiger partial charge in [0.15, 0.2) is 11.5 Å². The van der Waals surface area contributed by atoms with Crippen LogP contribution in [0.15, 0.2) is 23.3 Å². The summed E-state index contributed by atoms with van der Waals surface area (Å²) in [6.45, 7) is 0. The lowest BCUT2D eigenvalue weighted by Crippen LogP contribution is -2.25. The van der Waals surface area contributed by atoms with Crippen molar-refractivity contribution in [3.63, 3.8) is 0 Å². The highest BCUT2D eigenvalue weighted by Crippen LogP contribution is 2.38. The molecule has 1 aliphatic rings. The minimum Gasteiger partial charge on any atom is -0.493 e. The fraction of sp³-hybridized carbons (Fsp3) is 0.350. The highest BCUT2D eigenvalue weighted by atomic mass is 32.1. The number of hydrogen-bond acceptors (Lipinski definition) is 7. The van der Waals surface area contributed by atoms with Gasteiger partial charge in [0, 0.05) is 10.4 Å². The van der Waals surface area contributed by atoms with Gasteiger partial charge in [0.1, 0.15) is 5.00 Å². The van der Waals surface area contributed by atoms with Gasteiger partial charge in [-0.2, -0.15) is 5.10 Å². The summed E-state index contributed by atoms with van der Waals surface area (Å²) in [4.78, 5) is 25.7. The SMILES string of the molecule is COC(=O)c1c(NC(=O)NN=Cc2cccc(OC)c2OC)sc2c1CCCC2. The highest BCUT2D eigenvalue weighted by Gasteiger charge is 2.26. The summed E-state index contributed by atoms with van der Waals surface area (Å²) in [6, 6.07) is 4.80. The van der Waals surface area contributed by atoms with Gasteiger partial charge in [0.05, 0.1) is 33.1 Å². The summed E-state index contributed by atoms with van der Waals surface area (Å²) in [5, 5.41) is 7.16. The number of methoxy groups -OCH3 is 3. The number of hydrazone groups is 1. The predicted molar refractivity (Wildman–Crippen MR) is 112 cm³/mol. The van der Waals surface area contributed by atoms with E-state index in [1.807, 2.05) is 0 Å². The van der Waals surface area contributed by atoms with Crippen molar-refractivity contribution in [2.24, 2.45) is 5.10 Å². The third-order valence-electron chi connectivity index (χ3n) is 4.59. The Morgan fingerprint density at radius 2 is 1.93 bits per heavy atom. The maximum Gasteiger partial charge on any atom is 0.341 e. The van der Waals surface area contributed by atoms with Gasteiger partial charge in [-0.05, 0) is 43.4 Å². The van der Waals surface area contributed by atoms with Gasteiger partial charge in [-0.25, -0.2) is 15.0 Å². The number of benzene rings is 1. The van der Waals surface area contributed by atoms with Crippen molar-refractivity contribution in [3.8, 4) is 11.5 Å². The molecule has 29 heavy (non-hydrogen) atoms. The first-order valence-electron chi connectivity index (χ1n) is 9.13. The minimum absolute atomic E-state index is 0.440. The Hall–Kier alpha value is -3.07. The zero-order valence-electron chi connectivity index (χ0n) is 16.5. The van der Waals surface area contributed by atoms with Crippen LogP contribution in [0.25, 0.3) is 0 Å². The second-order valence-corrected chi connectivity index (χ2v) is 7.42. The van der Waals surface area contributed by atoms with E-state index in [0.717, 1.165) is 36.1 Å². The number of amides is 2. The lowest BCUT2D eigenvalue weighted by Gasteiger charge is -2.11. The molecule has 8 nitrogen and oxygen atoms in total. The normalized spacial score (nSPS) is 12.9. The van der Waals surface area contributed by atoms with Crippen LogP contribution in [0.3, 0.4) is 0 Å². The van der Waals surface area contributed by atoms with E-state index < -0.39 is 12.0 Å². The van der Waals surface area contributed by atoms with Crippen LogP contribution in [0.4, 0.5) is 9.80 Å². The summed E-state index contributed by atoms with van der Waals surface area (Å²) in [5.74, 6) is 0.636.